The number of hydrogen-bond acceptors (Lipinski definition) is 4. The molecule has 3 heterocycles. The monoisotopic (exact) mass is 369 g/mol. The van der Waals surface area contributed by atoms with E-state index < -0.39 is 0 Å². The number of rotatable bonds is 3. The third-order valence-electron chi connectivity index (χ3n) is 5.54. The Balaban J connectivity index is 1.55. The lowest BCUT2D eigenvalue weighted by Crippen LogP contribution is -2.35. The Labute approximate surface area is 164 Å². The van der Waals surface area contributed by atoms with Crippen molar-refractivity contribution in [3.63, 3.8) is 0 Å². The van der Waals surface area contributed by atoms with E-state index in [9.17, 15) is 0 Å². The highest BCUT2D eigenvalue weighted by Gasteiger charge is 2.25. The first-order valence-corrected chi connectivity index (χ1v) is 9.83. The van der Waals surface area contributed by atoms with Gasteiger partial charge in [0.1, 0.15) is 0 Å². The van der Waals surface area contributed by atoms with Crippen molar-refractivity contribution in [3.8, 4) is 11.3 Å². The number of aryl methyl sites for hydroxylation is 1. The van der Waals surface area contributed by atoms with Crippen LogP contribution < -0.4 is 4.90 Å². The summed E-state index contributed by atoms with van der Waals surface area (Å²) >= 11 is 0. The van der Waals surface area contributed by atoms with Gasteiger partial charge in [0.05, 0.1) is 17.4 Å². The Morgan fingerprint density at radius 3 is 2.61 bits per heavy atom. The highest BCUT2D eigenvalue weighted by molar-refractivity contribution is 5.93. The van der Waals surface area contributed by atoms with Gasteiger partial charge in [-0.1, -0.05) is 48.5 Å². The fourth-order valence-electron chi connectivity index (χ4n) is 4.10. The molecule has 1 atom stereocenters. The second kappa shape index (κ2) is 7.08. The van der Waals surface area contributed by atoms with E-state index in [4.69, 9.17) is 9.97 Å². The maximum absolute atomic E-state index is 5.02. The minimum absolute atomic E-state index is 0.470. The smallest absolute Gasteiger partial charge is 0.226 e. The van der Waals surface area contributed by atoms with Crippen LogP contribution in [0.5, 0.6) is 0 Å². The number of benzene rings is 2. The van der Waals surface area contributed by atoms with E-state index in [0.717, 1.165) is 47.6 Å². The van der Waals surface area contributed by atoms with Crippen molar-refractivity contribution >= 4 is 16.9 Å². The first-order valence-electron chi connectivity index (χ1n) is 9.83. The fourth-order valence-corrected chi connectivity index (χ4v) is 4.10. The molecule has 1 unspecified atom stereocenters. The van der Waals surface area contributed by atoms with Crippen LogP contribution in [-0.4, -0.2) is 32.8 Å². The molecule has 5 nitrogen and oxygen atoms in total. The van der Waals surface area contributed by atoms with Crippen LogP contribution in [0.3, 0.4) is 0 Å². The van der Waals surface area contributed by atoms with E-state index in [-0.39, 0.29) is 0 Å². The molecule has 0 bridgehead atoms. The van der Waals surface area contributed by atoms with Crippen molar-refractivity contribution in [2.24, 2.45) is 7.05 Å². The highest BCUT2D eigenvalue weighted by Crippen LogP contribution is 2.32. The minimum Gasteiger partial charge on any atom is -0.340 e. The lowest BCUT2D eigenvalue weighted by atomic mass is 9.93. The molecule has 140 valence electrons. The zero-order valence-electron chi connectivity index (χ0n) is 16.0. The minimum atomic E-state index is 0.470. The van der Waals surface area contributed by atoms with Crippen LogP contribution in [0.15, 0.2) is 67.0 Å². The van der Waals surface area contributed by atoms with E-state index in [1.807, 2.05) is 30.1 Å². The molecule has 5 heteroatoms. The van der Waals surface area contributed by atoms with Crippen molar-refractivity contribution in [1.82, 2.24) is 19.7 Å². The number of nitrogens with zero attached hydrogens (tertiary/aromatic N) is 5. The number of aromatic nitrogens is 4. The van der Waals surface area contributed by atoms with Crippen LogP contribution in [0.25, 0.3) is 22.2 Å². The van der Waals surface area contributed by atoms with Crippen LogP contribution in [0.2, 0.25) is 0 Å². The maximum atomic E-state index is 5.02. The molecule has 0 radical (unpaired) electrons. The Morgan fingerprint density at radius 2 is 1.79 bits per heavy atom. The van der Waals surface area contributed by atoms with Gasteiger partial charge in [-0.15, -0.1) is 0 Å². The van der Waals surface area contributed by atoms with Gasteiger partial charge in [-0.05, 0) is 24.5 Å². The van der Waals surface area contributed by atoms with Crippen molar-refractivity contribution in [2.45, 2.75) is 18.8 Å². The number of fused-ring (bicyclic) bond motifs is 1. The molecule has 5 rings (SSSR count). The van der Waals surface area contributed by atoms with Crippen molar-refractivity contribution in [1.29, 1.82) is 0 Å². The predicted octanol–water partition coefficient (Wildman–Crippen LogP) is 4.41. The van der Waals surface area contributed by atoms with E-state index in [2.05, 4.69) is 58.7 Å². The van der Waals surface area contributed by atoms with Gasteiger partial charge in [0, 0.05) is 43.2 Å². The van der Waals surface area contributed by atoms with Crippen molar-refractivity contribution < 1.29 is 0 Å². The number of para-hydroxylation sites is 1. The molecule has 1 aliphatic heterocycles. The fraction of sp³-hybridized carbons (Fsp3) is 0.261. The summed E-state index contributed by atoms with van der Waals surface area (Å²) in [7, 11) is 1.97. The van der Waals surface area contributed by atoms with Crippen molar-refractivity contribution in [3.05, 3.63) is 72.6 Å². The van der Waals surface area contributed by atoms with Crippen LogP contribution >= 0.6 is 0 Å². The van der Waals surface area contributed by atoms with Gasteiger partial charge in [-0.25, -0.2) is 9.97 Å². The Bertz CT molecular complexity index is 1100. The van der Waals surface area contributed by atoms with Crippen LogP contribution in [0.1, 0.15) is 24.3 Å². The molecule has 0 N–H and O–H groups in total. The largest absolute Gasteiger partial charge is 0.340 e. The first-order chi connectivity index (χ1) is 13.8. The number of anilines is 1. The van der Waals surface area contributed by atoms with Crippen LogP contribution in [-0.2, 0) is 7.05 Å². The molecule has 4 aromatic rings. The summed E-state index contributed by atoms with van der Waals surface area (Å²) in [6.45, 7) is 1.92. The first kappa shape index (κ1) is 16.9. The lowest BCUT2D eigenvalue weighted by Gasteiger charge is -2.32. The van der Waals surface area contributed by atoms with Gasteiger partial charge in [0.2, 0.25) is 5.95 Å². The molecule has 1 fully saturated rings. The van der Waals surface area contributed by atoms with Gasteiger partial charge in [0.15, 0.2) is 0 Å². The SMILES string of the molecule is Cn1cc(C2CCCN(c3nc(-c4ccccc4)c4ccccc4n3)C2)cn1. The summed E-state index contributed by atoms with van der Waals surface area (Å²) in [6.07, 6.45) is 6.44. The Hall–Kier alpha value is -3.21. The van der Waals surface area contributed by atoms with Gasteiger partial charge in [-0.2, -0.15) is 5.10 Å². The molecular weight excluding hydrogens is 346 g/mol. The second-order valence-electron chi connectivity index (χ2n) is 7.49. The van der Waals surface area contributed by atoms with E-state index in [1.54, 1.807) is 0 Å². The molecule has 0 saturated carbocycles. The topological polar surface area (TPSA) is 46.8 Å². The highest BCUT2D eigenvalue weighted by atomic mass is 15.3. The Morgan fingerprint density at radius 1 is 0.964 bits per heavy atom. The van der Waals surface area contributed by atoms with Crippen molar-refractivity contribution in [2.75, 3.05) is 18.0 Å². The number of piperidine rings is 1. The molecule has 0 amide bonds. The zero-order chi connectivity index (χ0) is 18.9. The molecule has 2 aromatic carbocycles. The summed E-state index contributed by atoms with van der Waals surface area (Å²) in [5.74, 6) is 1.30. The quantitative estimate of drug-likeness (QED) is 0.536. The average Bonchev–Trinajstić information content (AvgIpc) is 3.20. The predicted molar refractivity (Wildman–Crippen MR) is 112 cm³/mol. The van der Waals surface area contributed by atoms with Gasteiger partial charge in [0.25, 0.3) is 0 Å². The van der Waals surface area contributed by atoms with E-state index >= 15 is 0 Å². The third-order valence-corrected chi connectivity index (χ3v) is 5.54. The molecule has 0 spiro atoms. The molecular formula is C23H23N5. The van der Waals surface area contributed by atoms with Gasteiger partial charge in [-0.3, -0.25) is 4.68 Å². The molecule has 1 aliphatic rings. The summed E-state index contributed by atoms with van der Waals surface area (Å²) in [5.41, 5.74) is 4.43. The third kappa shape index (κ3) is 3.13. The second-order valence-corrected chi connectivity index (χ2v) is 7.49. The van der Waals surface area contributed by atoms with Crippen LogP contribution in [0, 0.1) is 0 Å². The molecule has 1 saturated heterocycles. The van der Waals surface area contributed by atoms with E-state index in [1.165, 1.54) is 12.0 Å². The molecule has 2 aromatic heterocycles. The lowest BCUT2D eigenvalue weighted by molar-refractivity contribution is 0.504. The van der Waals surface area contributed by atoms with Gasteiger partial charge < -0.3 is 4.90 Å². The molecule has 28 heavy (non-hydrogen) atoms. The van der Waals surface area contributed by atoms with Crippen LogP contribution in [0.4, 0.5) is 5.95 Å². The summed E-state index contributed by atoms with van der Waals surface area (Å²) < 4.78 is 1.88. The summed E-state index contributed by atoms with van der Waals surface area (Å²) in [5, 5.41) is 5.45. The summed E-state index contributed by atoms with van der Waals surface area (Å²) in [6, 6.07) is 18.7. The number of hydrogen-bond donors (Lipinski definition) is 0. The summed E-state index contributed by atoms with van der Waals surface area (Å²) in [4.78, 5) is 12.3. The normalized spacial score (nSPS) is 17.2. The maximum Gasteiger partial charge on any atom is 0.226 e. The van der Waals surface area contributed by atoms with Gasteiger partial charge >= 0.3 is 0 Å². The average molecular weight is 369 g/mol. The molecule has 0 aliphatic carbocycles. The van der Waals surface area contributed by atoms with E-state index in [0.29, 0.717) is 5.92 Å². The Kier molecular flexibility index (Phi) is 4.28. The standard InChI is InChI=1S/C23H23N5/c1-27-15-19(14-24-27)18-10-7-13-28(16-18)23-25-21-12-6-5-11-20(21)22(26-23)17-8-3-2-4-9-17/h2-6,8-9,11-12,14-15,18H,7,10,13,16H2,1H3. The zero-order valence-corrected chi connectivity index (χ0v) is 16.0.